The molecule has 2 aromatic carbocycles. The van der Waals surface area contributed by atoms with Crippen molar-refractivity contribution >= 4 is 21.6 Å². The molecule has 0 atom stereocenters. The number of carbonyl (C=O) groups is 1. The van der Waals surface area contributed by atoms with E-state index in [4.69, 9.17) is 9.47 Å². The predicted octanol–water partition coefficient (Wildman–Crippen LogP) is 3.92. The third-order valence-corrected chi connectivity index (χ3v) is 7.02. The number of nitrogens with one attached hydrogen (secondary N) is 1. The molecule has 0 aliphatic carbocycles. The second-order valence-electron chi connectivity index (χ2n) is 7.43. The fourth-order valence-corrected chi connectivity index (χ4v) is 4.68. The van der Waals surface area contributed by atoms with E-state index < -0.39 is 10.0 Å². The predicted molar refractivity (Wildman–Crippen MR) is 120 cm³/mol. The minimum Gasteiger partial charge on any atom is -0.494 e. The molecule has 2 aromatic rings. The molecule has 0 aromatic heterocycles. The third-order valence-electron chi connectivity index (χ3n) is 5.10. The zero-order valence-corrected chi connectivity index (χ0v) is 18.7. The lowest BCUT2D eigenvalue weighted by molar-refractivity contribution is 0.0730. The lowest BCUT2D eigenvalue weighted by Gasteiger charge is -2.26. The molecule has 1 amide bonds. The maximum absolute atomic E-state index is 12.7. The van der Waals surface area contributed by atoms with Crippen molar-refractivity contribution in [3.8, 4) is 5.75 Å². The van der Waals surface area contributed by atoms with Crippen molar-refractivity contribution in [2.75, 3.05) is 38.2 Å². The van der Waals surface area contributed by atoms with Crippen molar-refractivity contribution in [3.63, 3.8) is 0 Å². The van der Waals surface area contributed by atoms with Gasteiger partial charge in [-0.2, -0.15) is 4.31 Å². The van der Waals surface area contributed by atoms with Gasteiger partial charge in [-0.3, -0.25) is 4.79 Å². The molecule has 0 radical (unpaired) electrons. The highest BCUT2D eigenvalue weighted by molar-refractivity contribution is 7.89. The van der Waals surface area contributed by atoms with Crippen LogP contribution in [0.5, 0.6) is 5.75 Å². The van der Waals surface area contributed by atoms with Crippen molar-refractivity contribution in [3.05, 3.63) is 54.1 Å². The first-order chi connectivity index (χ1) is 15.0. The molecule has 31 heavy (non-hydrogen) atoms. The minimum absolute atomic E-state index is 0.202. The van der Waals surface area contributed by atoms with Gasteiger partial charge in [-0.05, 0) is 55.0 Å². The fraction of sp³-hybridized carbons (Fsp3) is 0.435. The molecule has 1 heterocycles. The quantitative estimate of drug-likeness (QED) is 0.559. The monoisotopic (exact) mass is 446 g/mol. The van der Waals surface area contributed by atoms with Gasteiger partial charge in [0.2, 0.25) is 10.0 Å². The molecule has 0 spiro atoms. The average molecular weight is 447 g/mol. The van der Waals surface area contributed by atoms with E-state index in [2.05, 4.69) is 12.2 Å². The summed E-state index contributed by atoms with van der Waals surface area (Å²) >= 11 is 0. The van der Waals surface area contributed by atoms with Gasteiger partial charge in [-0.25, -0.2) is 8.42 Å². The van der Waals surface area contributed by atoms with E-state index in [9.17, 15) is 13.2 Å². The summed E-state index contributed by atoms with van der Waals surface area (Å²) < 4.78 is 37.7. The van der Waals surface area contributed by atoms with Gasteiger partial charge >= 0.3 is 0 Å². The van der Waals surface area contributed by atoms with E-state index in [0.717, 1.165) is 18.6 Å². The second kappa shape index (κ2) is 11.3. The van der Waals surface area contributed by atoms with Crippen molar-refractivity contribution in [2.45, 2.75) is 37.5 Å². The third kappa shape index (κ3) is 6.53. The van der Waals surface area contributed by atoms with Gasteiger partial charge in [0, 0.05) is 24.3 Å². The Kier molecular flexibility index (Phi) is 8.45. The molecule has 1 N–H and O–H groups in total. The van der Waals surface area contributed by atoms with Gasteiger partial charge < -0.3 is 14.8 Å². The molecule has 1 fully saturated rings. The highest BCUT2D eigenvalue weighted by atomic mass is 32.2. The number of sulfonamides is 1. The molecule has 7 nitrogen and oxygen atoms in total. The van der Waals surface area contributed by atoms with Crippen LogP contribution < -0.4 is 10.1 Å². The number of hydrogen-bond acceptors (Lipinski definition) is 5. The highest BCUT2D eigenvalue weighted by Gasteiger charge is 2.26. The zero-order chi connectivity index (χ0) is 22.1. The van der Waals surface area contributed by atoms with E-state index in [1.54, 1.807) is 36.4 Å². The van der Waals surface area contributed by atoms with E-state index >= 15 is 0 Å². The highest BCUT2D eigenvalue weighted by Crippen LogP contribution is 2.20. The van der Waals surface area contributed by atoms with Gasteiger partial charge in [0.25, 0.3) is 5.91 Å². The normalized spacial score (nSPS) is 14.9. The summed E-state index contributed by atoms with van der Waals surface area (Å²) in [4.78, 5) is 12.7. The number of morpholine rings is 1. The zero-order valence-electron chi connectivity index (χ0n) is 17.9. The number of rotatable bonds is 10. The summed E-state index contributed by atoms with van der Waals surface area (Å²) in [6.45, 7) is 4.34. The molecule has 8 heteroatoms. The number of unbranched alkanes of at least 4 members (excludes halogenated alkanes) is 3. The van der Waals surface area contributed by atoms with Crippen molar-refractivity contribution in [1.29, 1.82) is 0 Å². The average Bonchev–Trinajstić information content (AvgIpc) is 2.80. The molecule has 1 aliphatic heterocycles. The Bertz CT molecular complexity index is 937. The van der Waals surface area contributed by atoms with Gasteiger partial charge in [-0.15, -0.1) is 0 Å². The number of carbonyl (C=O) groups excluding carboxylic acids is 1. The largest absolute Gasteiger partial charge is 0.494 e. The Morgan fingerprint density at radius 2 is 1.68 bits per heavy atom. The van der Waals surface area contributed by atoms with Crippen LogP contribution in [0.25, 0.3) is 0 Å². The van der Waals surface area contributed by atoms with E-state index in [-0.39, 0.29) is 10.8 Å². The van der Waals surface area contributed by atoms with Crippen LogP contribution in [0.1, 0.15) is 43.0 Å². The second-order valence-corrected chi connectivity index (χ2v) is 9.37. The Morgan fingerprint density at radius 1 is 1.00 bits per heavy atom. The van der Waals surface area contributed by atoms with Crippen LogP contribution in [0.2, 0.25) is 0 Å². The van der Waals surface area contributed by atoms with E-state index in [1.807, 2.05) is 0 Å². The molecule has 0 saturated carbocycles. The first kappa shape index (κ1) is 23.2. The lowest BCUT2D eigenvalue weighted by Crippen LogP contribution is -2.40. The fourth-order valence-electron chi connectivity index (χ4n) is 3.27. The van der Waals surface area contributed by atoms with Crippen LogP contribution in [0.4, 0.5) is 5.69 Å². The Labute approximate surface area is 184 Å². The lowest BCUT2D eigenvalue weighted by atomic mass is 10.2. The number of anilines is 1. The summed E-state index contributed by atoms with van der Waals surface area (Å²) in [5.74, 6) is 0.476. The van der Waals surface area contributed by atoms with Crippen molar-refractivity contribution < 1.29 is 22.7 Å². The van der Waals surface area contributed by atoms with Crippen LogP contribution in [0.3, 0.4) is 0 Å². The van der Waals surface area contributed by atoms with Crippen LogP contribution in [-0.2, 0) is 14.8 Å². The van der Waals surface area contributed by atoms with Crippen molar-refractivity contribution in [1.82, 2.24) is 4.31 Å². The standard InChI is InChI=1S/C23H30N2O5S/c1-2-3-4-5-16-30-21-10-6-19(7-11-21)23(26)24-20-8-12-22(13-9-20)31(27,28)25-14-17-29-18-15-25/h6-13H,2-5,14-18H2,1H3,(H,24,26). The number of nitrogens with zero attached hydrogens (tertiary/aromatic N) is 1. The summed E-state index contributed by atoms with van der Waals surface area (Å²) in [6, 6.07) is 13.2. The Balaban J connectivity index is 1.54. The van der Waals surface area contributed by atoms with E-state index in [1.165, 1.54) is 29.3 Å². The number of ether oxygens (including phenoxy) is 2. The summed E-state index contributed by atoms with van der Waals surface area (Å²) in [7, 11) is -3.55. The minimum atomic E-state index is -3.55. The maximum Gasteiger partial charge on any atom is 0.255 e. The first-order valence-corrected chi connectivity index (χ1v) is 12.2. The molecule has 168 valence electrons. The number of amides is 1. The molecular formula is C23H30N2O5S. The smallest absolute Gasteiger partial charge is 0.255 e. The molecule has 0 unspecified atom stereocenters. The number of benzene rings is 2. The molecule has 1 saturated heterocycles. The molecule has 1 aliphatic rings. The summed E-state index contributed by atoms with van der Waals surface area (Å²) in [5, 5.41) is 2.79. The molecule has 0 bridgehead atoms. The topological polar surface area (TPSA) is 84.9 Å². The van der Waals surface area contributed by atoms with Crippen molar-refractivity contribution in [2.24, 2.45) is 0 Å². The van der Waals surface area contributed by atoms with Gasteiger partial charge in [0.15, 0.2) is 0 Å². The van der Waals surface area contributed by atoms with Crippen LogP contribution in [0.15, 0.2) is 53.4 Å². The van der Waals surface area contributed by atoms with Gasteiger partial charge in [0.1, 0.15) is 5.75 Å². The number of hydrogen-bond donors (Lipinski definition) is 1. The summed E-state index contributed by atoms with van der Waals surface area (Å²) in [6.07, 6.45) is 4.58. The Hall–Kier alpha value is -2.42. The summed E-state index contributed by atoms with van der Waals surface area (Å²) in [5.41, 5.74) is 1.03. The SMILES string of the molecule is CCCCCCOc1ccc(C(=O)Nc2ccc(S(=O)(=O)N3CCOCC3)cc2)cc1. The van der Waals surface area contributed by atoms with Crippen LogP contribution >= 0.6 is 0 Å². The first-order valence-electron chi connectivity index (χ1n) is 10.7. The Morgan fingerprint density at radius 3 is 2.32 bits per heavy atom. The molecular weight excluding hydrogens is 416 g/mol. The van der Waals surface area contributed by atoms with Gasteiger partial charge in [-0.1, -0.05) is 26.2 Å². The van der Waals surface area contributed by atoms with E-state index in [0.29, 0.717) is 44.2 Å². The van der Waals surface area contributed by atoms with Crippen LogP contribution in [0, 0.1) is 0 Å². The molecule has 3 rings (SSSR count). The van der Waals surface area contributed by atoms with Crippen LogP contribution in [-0.4, -0.2) is 51.5 Å². The maximum atomic E-state index is 12.7. The van der Waals surface area contributed by atoms with Gasteiger partial charge in [0.05, 0.1) is 24.7 Å².